The molecule has 0 saturated heterocycles. The average Bonchev–Trinajstić information content (AvgIpc) is 2.90. The van der Waals surface area contributed by atoms with Gasteiger partial charge in [-0.25, -0.2) is 0 Å². The second-order valence-electron chi connectivity index (χ2n) is 10.4. The SMILES string of the molecule is NC(=O)C1CCCCC1.NC(=O)C1CCCCC1.NC(=O)C1CCCCC1.O=C(O)CC(CC(=O)O)C(=O)O. The van der Waals surface area contributed by atoms with Crippen LogP contribution >= 0.6 is 0 Å². The van der Waals surface area contributed by atoms with Gasteiger partial charge in [0, 0.05) is 17.8 Å². The van der Waals surface area contributed by atoms with Gasteiger partial charge < -0.3 is 32.5 Å². The monoisotopic (exact) mass is 557 g/mol. The molecule has 0 unspecified atom stereocenters. The summed E-state index contributed by atoms with van der Waals surface area (Å²) >= 11 is 0. The van der Waals surface area contributed by atoms with Gasteiger partial charge in [-0.2, -0.15) is 0 Å². The van der Waals surface area contributed by atoms with Crippen LogP contribution in [0.1, 0.15) is 109 Å². The molecule has 0 aliphatic heterocycles. The summed E-state index contributed by atoms with van der Waals surface area (Å²) in [6.45, 7) is 0. The number of carboxylic acid groups (broad SMARTS) is 3. The molecule has 0 bridgehead atoms. The molecule has 39 heavy (non-hydrogen) atoms. The molecule has 0 heterocycles. The van der Waals surface area contributed by atoms with Gasteiger partial charge in [0.15, 0.2) is 0 Å². The highest BCUT2D eigenvalue weighted by Crippen LogP contribution is 2.24. The van der Waals surface area contributed by atoms with Gasteiger partial charge in [0.05, 0.1) is 18.8 Å². The highest BCUT2D eigenvalue weighted by atomic mass is 16.4. The Kier molecular flexibility index (Phi) is 19.0. The van der Waals surface area contributed by atoms with Crippen LogP contribution in [-0.4, -0.2) is 50.9 Å². The summed E-state index contributed by atoms with van der Waals surface area (Å²) in [5.41, 5.74) is 15.4. The smallest absolute Gasteiger partial charge is 0.307 e. The van der Waals surface area contributed by atoms with Gasteiger partial charge in [-0.15, -0.1) is 0 Å². The van der Waals surface area contributed by atoms with E-state index >= 15 is 0 Å². The Morgan fingerprint density at radius 1 is 0.487 bits per heavy atom. The van der Waals surface area contributed by atoms with E-state index < -0.39 is 36.7 Å². The van der Waals surface area contributed by atoms with Crippen LogP contribution in [0.15, 0.2) is 0 Å². The molecule has 0 aromatic heterocycles. The van der Waals surface area contributed by atoms with Crippen molar-refractivity contribution in [3.63, 3.8) is 0 Å². The van der Waals surface area contributed by atoms with Crippen molar-refractivity contribution in [3.8, 4) is 0 Å². The normalized spacial score (nSPS) is 18.1. The molecule has 0 aromatic carbocycles. The highest BCUT2D eigenvalue weighted by molar-refractivity contribution is 5.82. The van der Waals surface area contributed by atoms with Crippen molar-refractivity contribution in [3.05, 3.63) is 0 Å². The molecular formula is C27H47N3O9. The summed E-state index contributed by atoms with van der Waals surface area (Å²) < 4.78 is 0. The minimum absolute atomic E-state index is 0.102. The zero-order chi connectivity index (χ0) is 29.8. The first kappa shape index (κ1) is 35.8. The van der Waals surface area contributed by atoms with E-state index in [4.69, 9.17) is 32.5 Å². The molecule has 0 aromatic rings. The standard InChI is InChI=1S/3C7H13NO.C6H8O6/c3*8-7(9)6-4-2-1-3-5-6;7-4(8)1-3(6(11)12)2-5(9)10/h3*6H,1-5H2,(H2,8,9);3H,1-2H2,(H,7,8)(H,9,10)(H,11,12). The Balaban J connectivity index is 0.000000497. The second-order valence-corrected chi connectivity index (χ2v) is 10.4. The lowest BCUT2D eigenvalue weighted by molar-refractivity contribution is -0.152. The van der Waals surface area contributed by atoms with Crippen molar-refractivity contribution in [2.45, 2.75) is 109 Å². The molecule has 0 spiro atoms. The van der Waals surface area contributed by atoms with E-state index in [-0.39, 0.29) is 35.5 Å². The van der Waals surface area contributed by atoms with Crippen molar-refractivity contribution >= 4 is 35.6 Å². The lowest BCUT2D eigenvalue weighted by Crippen LogP contribution is -2.24. The lowest BCUT2D eigenvalue weighted by Gasteiger charge is -2.17. The number of amides is 3. The van der Waals surface area contributed by atoms with E-state index in [1.54, 1.807) is 0 Å². The van der Waals surface area contributed by atoms with Crippen LogP contribution in [0, 0.1) is 23.7 Å². The molecule has 9 N–H and O–H groups in total. The molecule has 224 valence electrons. The largest absolute Gasteiger partial charge is 0.481 e. The molecule has 3 aliphatic rings. The lowest BCUT2D eigenvalue weighted by atomic mass is 9.89. The molecule has 3 rings (SSSR count). The number of primary amides is 3. The van der Waals surface area contributed by atoms with Crippen LogP contribution in [0.4, 0.5) is 0 Å². The van der Waals surface area contributed by atoms with Gasteiger partial charge in [0.2, 0.25) is 17.7 Å². The van der Waals surface area contributed by atoms with E-state index in [2.05, 4.69) is 0 Å². The number of carbonyl (C=O) groups is 6. The fourth-order valence-corrected chi connectivity index (χ4v) is 4.83. The summed E-state index contributed by atoms with van der Waals surface area (Å²) in [6.07, 6.45) is 15.8. The summed E-state index contributed by atoms with van der Waals surface area (Å²) in [5, 5.41) is 24.7. The van der Waals surface area contributed by atoms with Gasteiger partial charge >= 0.3 is 17.9 Å². The highest BCUT2D eigenvalue weighted by Gasteiger charge is 2.23. The van der Waals surface area contributed by atoms with E-state index in [1.807, 2.05) is 0 Å². The number of rotatable bonds is 8. The predicted molar refractivity (Wildman–Crippen MR) is 143 cm³/mol. The zero-order valence-electron chi connectivity index (χ0n) is 22.9. The maximum Gasteiger partial charge on any atom is 0.307 e. The van der Waals surface area contributed by atoms with Crippen LogP contribution in [0.3, 0.4) is 0 Å². The summed E-state index contributed by atoms with van der Waals surface area (Å²) in [7, 11) is 0. The topological polar surface area (TPSA) is 241 Å². The van der Waals surface area contributed by atoms with Crippen LogP contribution in [0.2, 0.25) is 0 Å². The molecular weight excluding hydrogens is 510 g/mol. The number of aliphatic carboxylic acids is 3. The van der Waals surface area contributed by atoms with Crippen LogP contribution < -0.4 is 17.2 Å². The molecule has 0 radical (unpaired) electrons. The van der Waals surface area contributed by atoms with Gasteiger partial charge in [0.25, 0.3) is 0 Å². The summed E-state index contributed by atoms with van der Waals surface area (Å²) in [4.78, 5) is 62.1. The van der Waals surface area contributed by atoms with Gasteiger partial charge in [-0.1, -0.05) is 57.8 Å². The van der Waals surface area contributed by atoms with Gasteiger partial charge in [0.1, 0.15) is 0 Å². The number of carbonyl (C=O) groups excluding carboxylic acids is 3. The number of nitrogens with two attached hydrogens (primary N) is 3. The average molecular weight is 558 g/mol. The van der Waals surface area contributed by atoms with Crippen molar-refractivity contribution < 1.29 is 44.1 Å². The van der Waals surface area contributed by atoms with E-state index in [0.717, 1.165) is 38.5 Å². The third-order valence-corrected chi connectivity index (χ3v) is 7.21. The first-order valence-corrected chi connectivity index (χ1v) is 13.9. The molecule has 3 fully saturated rings. The maximum absolute atomic E-state index is 10.6. The number of carboxylic acids is 3. The number of hydrogen-bond donors (Lipinski definition) is 6. The van der Waals surface area contributed by atoms with Crippen molar-refractivity contribution in [2.24, 2.45) is 40.9 Å². The Morgan fingerprint density at radius 2 is 0.718 bits per heavy atom. The fourth-order valence-electron chi connectivity index (χ4n) is 4.83. The maximum atomic E-state index is 10.6. The quantitative estimate of drug-likeness (QED) is 0.256. The minimum Gasteiger partial charge on any atom is -0.481 e. The van der Waals surface area contributed by atoms with Crippen LogP contribution in [0.25, 0.3) is 0 Å². The zero-order valence-corrected chi connectivity index (χ0v) is 22.9. The predicted octanol–water partition coefficient (Wildman–Crippen LogP) is 2.79. The Labute approximate surface area is 230 Å². The number of hydrogen-bond acceptors (Lipinski definition) is 6. The fraction of sp³-hybridized carbons (Fsp3) is 0.778. The van der Waals surface area contributed by atoms with Gasteiger partial charge in [-0.3, -0.25) is 28.8 Å². The molecule has 3 saturated carbocycles. The minimum atomic E-state index is -1.40. The first-order chi connectivity index (χ1) is 18.3. The summed E-state index contributed by atoms with van der Waals surface area (Å²) in [5.74, 6) is -5.11. The van der Waals surface area contributed by atoms with Crippen LogP contribution in [0.5, 0.6) is 0 Å². The molecule has 3 amide bonds. The third kappa shape index (κ3) is 18.7. The van der Waals surface area contributed by atoms with Crippen molar-refractivity contribution in [1.82, 2.24) is 0 Å². The van der Waals surface area contributed by atoms with E-state index in [1.165, 1.54) is 57.8 Å². The van der Waals surface area contributed by atoms with Crippen LogP contribution in [-0.2, 0) is 28.8 Å². The molecule has 12 nitrogen and oxygen atoms in total. The van der Waals surface area contributed by atoms with Crippen molar-refractivity contribution in [1.29, 1.82) is 0 Å². The Hall–Kier alpha value is -3.18. The van der Waals surface area contributed by atoms with E-state index in [9.17, 15) is 28.8 Å². The van der Waals surface area contributed by atoms with Crippen molar-refractivity contribution in [2.75, 3.05) is 0 Å². The molecule has 3 aliphatic carbocycles. The molecule has 0 atom stereocenters. The first-order valence-electron chi connectivity index (χ1n) is 13.9. The third-order valence-electron chi connectivity index (χ3n) is 7.21. The van der Waals surface area contributed by atoms with Gasteiger partial charge in [-0.05, 0) is 38.5 Å². The second kappa shape index (κ2) is 20.7. The Bertz CT molecular complexity index is 703. The summed E-state index contributed by atoms with van der Waals surface area (Å²) in [6, 6.07) is 0. The Morgan fingerprint density at radius 3 is 0.846 bits per heavy atom. The molecule has 12 heteroatoms. The van der Waals surface area contributed by atoms with E-state index in [0.29, 0.717) is 0 Å².